The predicted octanol–water partition coefficient (Wildman–Crippen LogP) is 1.64. The van der Waals surface area contributed by atoms with E-state index in [2.05, 4.69) is 28.9 Å². The number of likely N-dealkylation sites (tertiary alicyclic amines) is 1. The molecular weight excluding hydrogens is 255 g/mol. The summed E-state index contributed by atoms with van der Waals surface area (Å²) in [6.07, 6.45) is 4.61. The van der Waals surface area contributed by atoms with Crippen LogP contribution in [-0.4, -0.2) is 54.6 Å². The van der Waals surface area contributed by atoms with Crippen molar-refractivity contribution < 1.29 is 4.39 Å². The molecule has 4 nitrogen and oxygen atoms in total. The molecule has 2 N–H and O–H groups in total. The molecule has 0 spiro atoms. The highest BCUT2D eigenvalue weighted by Gasteiger charge is 2.21. The highest BCUT2D eigenvalue weighted by molar-refractivity contribution is 5.09. The van der Waals surface area contributed by atoms with Gasteiger partial charge in [-0.25, -0.2) is 4.39 Å². The van der Waals surface area contributed by atoms with Crippen LogP contribution in [0.5, 0.6) is 0 Å². The number of nitrogens with two attached hydrogens (primary N) is 1. The first-order valence-corrected chi connectivity index (χ1v) is 7.32. The van der Waals surface area contributed by atoms with Crippen molar-refractivity contribution >= 4 is 0 Å². The summed E-state index contributed by atoms with van der Waals surface area (Å²) in [7, 11) is 4.28. The van der Waals surface area contributed by atoms with Crippen LogP contribution in [0.2, 0.25) is 0 Å². The second-order valence-corrected chi connectivity index (χ2v) is 5.86. The smallest absolute Gasteiger partial charge is 0.141 e. The molecule has 0 saturated carbocycles. The fourth-order valence-electron chi connectivity index (χ4n) is 2.73. The first-order chi connectivity index (χ1) is 9.56. The van der Waals surface area contributed by atoms with E-state index in [4.69, 9.17) is 5.73 Å². The Morgan fingerprint density at radius 2 is 2.30 bits per heavy atom. The largest absolute Gasteiger partial charge is 0.323 e. The lowest BCUT2D eigenvalue weighted by atomic mass is 10.0. The molecule has 2 heterocycles. The van der Waals surface area contributed by atoms with Gasteiger partial charge in [-0.15, -0.1) is 0 Å². The Labute approximate surface area is 120 Å². The van der Waals surface area contributed by atoms with Crippen molar-refractivity contribution in [2.45, 2.75) is 31.3 Å². The zero-order chi connectivity index (χ0) is 14.5. The molecule has 1 fully saturated rings. The second-order valence-electron chi connectivity index (χ2n) is 5.86. The van der Waals surface area contributed by atoms with Gasteiger partial charge in [0.05, 0.1) is 11.9 Å². The maximum atomic E-state index is 12.8. The average Bonchev–Trinajstić information content (AvgIpc) is 2.46. The van der Waals surface area contributed by atoms with E-state index < -0.39 is 0 Å². The van der Waals surface area contributed by atoms with Crippen LogP contribution < -0.4 is 5.73 Å². The average molecular weight is 280 g/mol. The first-order valence-electron chi connectivity index (χ1n) is 7.32. The van der Waals surface area contributed by atoms with Crippen LogP contribution in [0.15, 0.2) is 18.3 Å². The highest BCUT2D eigenvalue weighted by atomic mass is 19.1. The fraction of sp³-hybridized carbons (Fsp3) is 0.667. The number of hydrogen-bond donors (Lipinski definition) is 1. The van der Waals surface area contributed by atoms with Gasteiger partial charge in [-0.3, -0.25) is 4.98 Å². The van der Waals surface area contributed by atoms with Gasteiger partial charge in [0.2, 0.25) is 0 Å². The Morgan fingerprint density at radius 1 is 1.50 bits per heavy atom. The number of halogens is 1. The Balaban J connectivity index is 1.81. The van der Waals surface area contributed by atoms with Gasteiger partial charge in [0.15, 0.2) is 0 Å². The molecule has 112 valence electrons. The van der Waals surface area contributed by atoms with E-state index >= 15 is 0 Å². The van der Waals surface area contributed by atoms with E-state index in [1.165, 1.54) is 25.1 Å². The normalized spacial score (nSPS) is 22.1. The lowest BCUT2D eigenvalue weighted by Crippen LogP contribution is -2.45. The van der Waals surface area contributed by atoms with Crippen molar-refractivity contribution in [1.29, 1.82) is 0 Å². The molecular formula is C15H25FN4. The summed E-state index contributed by atoms with van der Waals surface area (Å²) in [5, 5.41) is 0. The standard InChI is InChI=1S/C15H25FN4/c1-19(2)13-4-3-8-20(11-13)9-7-14(17)15-6-5-12(16)10-18-15/h5-6,10,13-14H,3-4,7-9,11,17H2,1-2H3. The molecule has 1 aromatic heterocycles. The molecule has 0 aromatic carbocycles. The van der Waals surface area contributed by atoms with Gasteiger partial charge in [-0.1, -0.05) is 0 Å². The summed E-state index contributed by atoms with van der Waals surface area (Å²) in [4.78, 5) is 8.83. The molecule has 0 aliphatic carbocycles. The van der Waals surface area contributed by atoms with Crippen LogP contribution in [0.4, 0.5) is 4.39 Å². The molecule has 0 radical (unpaired) electrons. The maximum absolute atomic E-state index is 12.8. The van der Waals surface area contributed by atoms with Gasteiger partial charge in [0, 0.05) is 25.2 Å². The van der Waals surface area contributed by atoms with Crippen LogP contribution in [-0.2, 0) is 0 Å². The summed E-state index contributed by atoms with van der Waals surface area (Å²) >= 11 is 0. The van der Waals surface area contributed by atoms with Crippen LogP contribution >= 0.6 is 0 Å². The van der Waals surface area contributed by atoms with E-state index in [1.807, 2.05) is 0 Å². The van der Waals surface area contributed by atoms with Crippen molar-refractivity contribution in [2.24, 2.45) is 5.73 Å². The molecule has 20 heavy (non-hydrogen) atoms. The number of pyridine rings is 1. The third-order valence-corrected chi connectivity index (χ3v) is 4.10. The predicted molar refractivity (Wildman–Crippen MR) is 78.9 cm³/mol. The van der Waals surface area contributed by atoms with Gasteiger partial charge in [0.25, 0.3) is 0 Å². The number of hydrogen-bond acceptors (Lipinski definition) is 4. The lowest BCUT2D eigenvalue weighted by Gasteiger charge is -2.36. The summed E-state index contributed by atoms with van der Waals surface area (Å²) in [6.45, 7) is 3.23. The van der Waals surface area contributed by atoms with Crippen molar-refractivity contribution in [3.8, 4) is 0 Å². The minimum Gasteiger partial charge on any atom is -0.323 e. The molecule has 5 heteroatoms. The SMILES string of the molecule is CN(C)C1CCCN(CCC(N)c2ccc(F)cn2)C1. The quantitative estimate of drug-likeness (QED) is 0.890. The molecule has 1 saturated heterocycles. The van der Waals surface area contributed by atoms with Gasteiger partial charge in [0.1, 0.15) is 5.82 Å². The van der Waals surface area contributed by atoms with Gasteiger partial charge < -0.3 is 15.5 Å². The number of aromatic nitrogens is 1. The Kier molecular flexibility index (Phi) is 5.46. The molecule has 2 atom stereocenters. The van der Waals surface area contributed by atoms with E-state index in [1.54, 1.807) is 6.07 Å². The van der Waals surface area contributed by atoms with Gasteiger partial charge >= 0.3 is 0 Å². The zero-order valence-corrected chi connectivity index (χ0v) is 12.4. The number of likely N-dealkylation sites (N-methyl/N-ethyl adjacent to an activating group) is 1. The molecule has 0 bridgehead atoms. The van der Waals surface area contributed by atoms with E-state index in [0.717, 1.165) is 31.7 Å². The Morgan fingerprint density at radius 3 is 2.95 bits per heavy atom. The van der Waals surface area contributed by atoms with E-state index in [-0.39, 0.29) is 11.9 Å². The minimum absolute atomic E-state index is 0.115. The van der Waals surface area contributed by atoms with Crippen LogP contribution in [0.3, 0.4) is 0 Å². The third kappa shape index (κ3) is 4.23. The van der Waals surface area contributed by atoms with Crippen molar-refractivity contribution in [2.75, 3.05) is 33.7 Å². The van der Waals surface area contributed by atoms with E-state index in [0.29, 0.717) is 6.04 Å². The highest BCUT2D eigenvalue weighted by Crippen LogP contribution is 2.17. The summed E-state index contributed by atoms with van der Waals surface area (Å²) in [5.41, 5.74) is 6.91. The number of piperidine rings is 1. The molecule has 1 aliphatic rings. The van der Waals surface area contributed by atoms with Gasteiger partial charge in [-0.2, -0.15) is 0 Å². The van der Waals surface area contributed by atoms with Gasteiger partial charge in [-0.05, 0) is 52.0 Å². The fourth-order valence-corrected chi connectivity index (χ4v) is 2.73. The zero-order valence-electron chi connectivity index (χ0n) is 12.4. The van der Waals surface area contributed by atoms with Crippen LogP contribution in [0, 0.1) is 5.82 Å². The topological polar surface area (TPSA) is 45.4 Å². The maximum Gasteiger partial charge on any atom is 0.141 e. The third-order valence-electron chi connectivity index (χ3n) is 4.10. The van der Waals surface area contributed by atoms with Crippen LogP contribution in [0.25, 0.3) is 0 Å². The monoisotopic (exact) mass is 280 g/mol. The van der Waals surface area contributed by atoms with Crippen molar-refractivity contribution in [3.05, 3.63) is 29.8 Å². The molecule has 1 aliphatic heterocycles. The molecule has 1 aromatic rings. The van der Waals surface area contributed by atoms with Crippen molar-refractivity contribution in [3.63, 3.8) is 0 Å². The van der Waals surface area contributed by atoms with E-state index in [9.17, 15) is 4.39 Å². The Hall–Kier alpha value is -1.04. The Bertz CT molecular complexity index is 407. The number of nitrogens with zero attached hydrogens (tertiary/aromatic N) is 3. The lowest BCUT2D eigenvalue weighted by molar-refractivity contribution is 0.130. The van der Waals surface area contributed by atoms with Crippen molar-refractivity contribution in [1.82, 2.24) is 14.8 Å². The molecule has 2 rings (SSSR count). The summed E-state index contributed by atoms with van der Waals surface area (Å²) in [5.74, 6) is -0.314. The minimum atomic E-state index is -0.314. The number of rotatable bonds is 5. The second kappa shape index (κ2) is 7.11. The summed E-state index contributed by atoms with van der Waals surface area (Å²) < 4.78 is 12.8. The van der Waals surface area contributed by atoms with Crippen LogP contribution in [0.1, 0.15) is 31.0 Å². The molecule has 2 unspecified atom stereocenters. The first kappa shape index (κ1) is 15.4. The molecule has 0 amide bonds. The summed E-state index contributed by atoms with van der Waals surface area (Å²) in [6, 6.07) is 3.63.